The van der Waals surface area contributed by atoms with Crippen LogP contribution in [0.15, 0.2) is 12.1 Å². The van der Waals surface area contributed by atoms with Crippen LogP contribution in [0.2, 0.25) is 5.02 Å². The summed E-state index contributed by atoms with van der Waals surface area (Å²) in [5, 5.41) is 0.144. The average molecular weight is 257 g/mol. The van der Waals surface area contributed by atoms with Crippen molar-refractivity contribution in [2.75, 3.05) is 0 Å². The monoisotopic (exact) mass is 256 g/mol. The van der Waals surface area contributed by atoms with Crippen LogP contribution >= 0.6 is 23.8 Å². The summed E-state index contributed by atoms with van der Waals surface area (Å²) >= 11 is 11.0. The van der Waals surface area contributed by atoms with Gasteiger partial charge in [-0.15, -0.1) is 0 Å². The van der Waals surface area contributed by atoms with E-state index in [4.69, 9.17) is 23.8 Å². The number of aromatic nitrogens is 2. The minimum Gasteiger partial charge on any atom is -0.330 e. The summed E-state index contributed by atoms with van der Waals surface area (Å²) in [6, 6.07) is 3.04. The van der Waals surface area contributed by atoms with E-state index in [0.717, 1.165) is 18.0 Å². The average Bonchev–Trinajstić information content (AvgIpc) is 2.99. The quantitative estimate of drug-likeness (QED) is 0.808. The number of fused-ring (bicyclic) bond motifs is 1. The van der Waals surface area contributed by atoms with E-state index in [1.807, 2.05) is 4.57 Å². The second-order valence-electron chi connectivity index (χ2n) is 4.27. The highest BCUT2D eigenvalue weighted by molar-refractivity contribution is 7.71. The molecule has 0 radical (unpaired) electrons. The third-order valence-electron chi connectivity index (χ3n) is 2.95. The fraction of sp³-hybridized carbons (Fsp3) is 0.364. The largest absolute Gasteiger partial charge is 0.330 e. The number of nitrogens with one attached hydrogen (secondary N) is 1. The molecule has 1 heterocycles. The summed E-state index contributed by atoms with van der Waals surface area (Å²) in [7, 11) is 0. The van der Waals surface area contributed by atoms with Gasteiger partial charge in [-0.2, -0.15) is 0 Å². The van der Waals surface area contributed by atoms with Gasteiger partial charge in [-0.1, -0.05) is 11.6 Å². The molecule has 2 nitrogen and oxygen atoms in total. The minimum atomic E-state index is -0.413. The molecule has 3 rings (SSSR count). The Morgan fingerprint density at radius 2 is 2.25 bits per heavy atom. The Kier molecular flexibility index (Phi) is 2.30. The highest BCUT2D eigenvalue weighted by atomic mass is 35.5. The summed E-state index contributed by atoms with van der Waals surface area (Å²) in [4.78, 5) is 3.01. The van der Waals surface area contributed by atoms with Gasteiger partial charge >= 0.3 is 0 Å². The number of hydrogen-bond donors (Lipinski definition) is 1. The zero-order valence-corrected chi connectivity index (χ0v) is 10.0. The lowest BCUT2D eigenvalue weighted by Gasteiger charge is -2.03. The number of imidazole rings is 1. The summed E-state index contributed by atoms with van der Waals surface area (Å²) in [5.74, 6) is 0.304. The molecule has 0 spiro atoms. The zero-order chi connectivity index (χ0) is 11.3. The zero-order valence-electron chi connectivity index (χ0n) is 8.46. The molecule has 0 saturated heterocycles. The lowest BCUT2D eigenvalue weighted by atomic mass is 10.3. The fourth-order valence-electron chi connectivity index (χ4n) is 1.89. The molecular weight excluding hydrogens is 247 g/mol. The molecule has 1 aliphatic rings. The van der Waals surface area contributed by atoms with E-state index in [1.54, 1.807) is 6.07 Å². The van der Waals surface area contributed by atoms with E-state index in [2.05, 4.69) is 4.98 Å². The molecule has 2 aromatic rings. The van der Waals surface area contributed by atoms with E-state index < -0.39 is 5.82 Å². The van der Waals surface area contributed by atoms with Crippen molar-refractivity contribution in [3.8, 4) is 0 Å². The van der Waals surface area contributed by atoms with Gasteiger partial charge in [0.25, 0.3) is 0 Å². The van der Waals surface area contributed by atoms with Gasteiger partial charge in [-0.05, 0) is 37.0 Å². The Morgan fingerprint density at radius 1 is 1.50 bits per heavy atom. The first-order valence-electron chi connectivity index (χ1n) is 5.22. The molecule has 84 valence electrons. The molecule has 0 amide bonds. The standard InChI is InChI=1S/C11H10ClFN2S/c12-7-3-10-9(4-8(7)13)14-11(16)15(10)5-6-1-2-6/h3-4,6H,1-2,5H2,(H,14,16). The highest BCUT2D eigenvalue weighted by Gasteiger charge is 2.23. The van der Waals surface area contributed by atoms with E-state index >= 15 is 0 Å². The number of benzene rings is 1. The third kappa shape index (κ3) is 1.66. The van der Waals surface area contributed by atoms with Crippen LogP contribution in [0.5, 0.6) is 0 Å². The number of H-pyrrole nitrogens is 1. The lowest BCUT2D eigenvalue weighted by molar-refractivity contribution is 0.627. The Labute approximate surface area is 102 Å². The first kappa shape index (κ1) is 10.3. The van der Waals surface area contributed by atoms with Crippen LogP contribution in [-0.4, -0.2) is 9.55 Å². The predicted octanol–water partition coefficient (Wildman–Crippen LogP) is 3.90. The van der Waals surface area contributed by atoms with E-state index in [9.17, 15) is 4.39 Å². The van der Waals surface area contributed by atoms with Crippen molar-refractivity contribution >= 4 is 34.9 Å². The maximum Gasteiger partial charge on any atom is 0.178 e. The van der Waals surface area contributed by atoms with Crippen LogP contribution < -0.4 is 0 Å². The topological polar surface area (TPSA) is 20.7 Å². The third-order valence-corrected chi connectivity index (χ3v) is 3.57. The van der Waals surface area contributed by atoms with Crippen LogP contribution in [-0.2, 0) is 6.54 Å². The normalized spacial score (nSPS) is 15.9. The van der Waals surface area contributed by atoms with Gasteiger partial charge < -0.3 is 9.55 Å². The second kappa shape index (κ2) is 3.57. The van der Waals surface area contributed by atoms with Gasteiger partial charge in [0.1, 0.15) is 5.82 Å². The van der Waals surface area contributed by atoms with Crippen molar-refractivity contribution in [3.05, 3.63) is 27.7 Å². The summed E-state index contributed by atoms with van der Waals surface area (Å²) in [6.45, 7) is 0.904. The predicted molar refractivity (Wildman–Crippen MR) is 64.8 cm³/mol. The number of nitrogens with zero attached hydrogens (tertiary/aromatic N) is 1. The maximum absolute atomic E-state index is 13.3. The number of aromatic amines is 1. The molecule has 1 fully saturated rings. The van der Waals surface area contributed by atoms with Gasteiger partial charge in [-0.25, -0.2) is 4.39 Å². The molecule has 0 aliphatic heterocycles. The molecule has 1 saturated carbocycles. The molecular formula is C11H10ClFN2S. The Morgan fingerprint density at radius 3 is 2.94 bits per heavy atom. The highest BCUT2D eigenvalue weighted by Crippen LogP contribution is 2.32. The van der Waals surface area contributed by atoms with Crippen molar-refractivity contribution in [3.63, 3.8) is 0 Å². The van der Waals surface area contributed by atoms with Crippen molar-refractivity contribution in [2.24, 2.45) is 5.92 Å². The van der Waals surface area contributed by atoms with Crippen LogP contribution in [0.4, 0.5) is 4.39 Å². The Hall–Kier alpha value is -0.870. The van der Waals surface area contributed by atoms with Crippen LogP contribution in [0.3, 0.4) is 0 Å². The van der Waals surface area contributed by atoms with Gasteiger partial charge in [0.15, 0.2) is 4.77 Å². The van der Waals surface area contributed by atoms with Gasteiger partial charge in [-0.3, -0.25) is 0 Å². The smallest absolute Gasteiger partial charge is 0.178 e. The van der Waals surface area contributed by atoms with Gasteiger partial charge in [0, 0.05) is 12.6 Å². The first-order chi connectivity index (χ1) is 7.65. The summed E-state index contributed by atoms with van der Waals surface area (Å²) < 4.78 is 15.9. The van der Waals surface area contributed by atoms with Gasteiger partial charge in [0.05, 0.1) is 16.1 Å². The van der Waals surface area contributed by atoms with E-state index in [-0.39, 0.29) is 5.02 Å². The Balaban J connectivity index is 2.21. The fourth-order valence-corrected chi connectivity index (χ4v) is 2.33. The lowest BCUT2D eigenvalue weighted by Crippen LogP contribution is -1.99. The van der Waals surface area contributed by atoms with Crippen molar-refractivity contribution in [1.82, 2.24) is 9.55 Å². The molecule has 1 aliphatic carbocycles. The number of rotatable bonds is 2. The molecule has 0 atom stereocenters. The molecule has 1 N–H and O–H groups in total. The Bertz CT molecular complexity index is 612. The van der Waals surface area contributed by atoms with E-state index in [0.29, 0.717) is 10.3 Å². The van der Waals surface area contributed by atoms with Crippen molar-refractivity contribution in [1.29, 1.82) is 0 Å². The van der Waals surface area contributed by atoms with Crippen molar-refractivity contribution in [2.45, 2.75) is 19.4 Å². The minimum absolute atomic E-state index is 0.144. The molecule has 5 heteroatoms. The van der Waals surface area contributed by atoms with Crippen LogP contribution in [0.1, 0.15) is 12.8 Å². The number of halogens is 2. The maximum atomic E-state index is 13.3. The molecule has 0 bridgehead atoms. The number of hydrogen-bond acceptors (Lipinski definition) is 1. The van der Waals surface area contributed by atoms with E-state index in [1.165, 1.54) is 18.9 Å². The second-order valence-corrected chi connectivity index (χ2v) is 5.06. The SMILES string of the molecule is Fc1cc2[nH]c(=S)n(CC3CC3)c2cc1Cl. The molecule has 1 aromatic heterocycles. The van der Waals surface area contributed by atoms with Crippen LogP contribution in [0, 0.1) is 16.5 Å². The molecule has 1 aromatic carbocycles. The molecule has 16 heavy (non-hydrogen) atoms. The van der Waals surface area contributed by atoms with Crippen molar-refractivity contribution < 1.29 is 4.39 Å². The molecule has 0 unspecified atom stereocenters. The summed E-state index contributed by atoms with van der Waals surface area (Å²) in [5.41, 5.74) is 1.61. The summed E-state index contributed by atoms with van der Waals surface area (Å²) in [6.07, 6.45) is 2.51. The van der Waals surface area contributed by atoms with Crippen LogP contribution in [0.25, 0.3) is 11.0 Å². The van der Waals surface area contributed by atoms with Gasteiger partial charge in [0.2, 0.25) is 0 Å². The first-order valence-corrected chi connectivity index (χ1v) is 6.01.